The van der Waals surface area contributed by atoms with Crippen LogP contribution < -0.4 is 10.3 Å². The maximum absolute atomic E-state index is 12.6. The number of carbonyl (C=O) groups is 1. The lowest BCUT2D eigenvalue weighted by molar-refractivity contribution is -0.164. The van der Waals surface area contributed by atoms with Gasteiger partial charge in [-0.05, 0) is 57.2 Å². The highest BCUT2D eigenvalue weighted by Crippen LogP contribution is 2.24. The highest BCUT2D eigenvalue weighted by Gasteiger charge is 2.33. The van der Waals surface area contributed by atoms with Crippen molar-refractivity contribution in [2.45, 2.75) is 32.5 Å². The number of H-pyrrole nitrogens is 1. The number of hydrogen-bond donors (Lipinski definition) is 1. The van der Waals surface area contributed by atoms with Crippen LogP contribution in [0.1, 0.15) is 32.7 Å². The van der Waals surface area contributed by atoms with Gasteiger partial charge in [-0.2, -0.15) is 0 Å². The number of nitrogens with one attached hydrogen (secondary N) is 1. The molecule has 0 aliphatic carbocycles. The molecule has 0 fully saturated rings. The predicted octanol–water partition coefficient (Wildman–Crippen LogP) is 4.04. The zero-order valence-electron chi connectivity index (χ0n) is 15.2. The molecule has 0 spiro atoms. The van der Waals surface area contributed by atoms with Crippen molar-refractivity contribution < 1.29 is 14.3 Å². The van der Waals surface area contributed by atoms with E-state index in [1.807, 2.05) is 0 Å². The second-order valence-electron chi connectivity index (χ2n) is 6.58. The number of carbonyl (C=O) groups excluding carboxylic acids is 1. The van der Waals surface area contributed by atoms with Crippen LogP contribution in [0.15, 0.2) is 53.3 Å². The molecule has 6 nitrogen and oxygen atoms in total. The molecule has 2 aromatic carbocycles. The van der Waals surface area contributed by atoms with E-state index in [2.05, 4.69) is 9.97 Å². The smallest absolute Gasteiger partial charge is 0.350 e. The predicted molar refractivity (Wildman–Crippen MR) is 103 cm³/mol. The Morgan fingerprint density at radius 2 is 1.81 bits per heavy atom. The van der Waals surface area contributed by atoms with Crippen molar-refractivity contribution in [1.82, 2.24) is 9.97 Å². The Morgan fingerprint density at radius 3 is 2.52 bits per heavy atom. The molecule has 0 amide bonds. The standard InChI is InChI=1S/C20H19ClN2O4/c1-12(17-22-16-7-5-4-6-15(16)18(24)23-17)26-19(25)20(2,3)27-14-10-8-13(21)9-11-14/h4-12H,1-3H3,(H,22,23,24)/t12-/m1/s1. The molecule has 3 rings (SSSR count). The molecule has 0 bridgehead atoms. The monoisotopic (exact) mass is 386 g/mol. The summed E-state index contributed by atoms with van der Waals surface area (Å²) in [6, 6.07) is 13.7. The number of fused-ring (bicyclic) bond motifs is 1. The number of nitrogens with zero attached hydrogens (tertiary/aromatic N) is 1. The molecule has 0 saturated heterocycles. The molecule has 7 heteroatoms. The van der Waals surface area contributed by atoms with Crippen molar-refractivity contribution in [3.05, 3.63) is 69.7 Å². The Balaban J connectivity index is 1.76. The third kappa shape index (κ3) is 4.28. The molecule has 27 heavy (non-hydrogen) atoms. The van der Waals surface area contributed by atoms with E-state index < -0.39 is 17.7 Å². The van der Waals surface area contributed by atoms with Gasteiger partial charge in [-0.15, -0.1) is 0 Å². The molecule has 1 aromatic heterocycles. The topological polar surface area (TPSA) is 81.3 Å². The van der Waals surface area contributed by atoms with Gasteiger partial charge in [0.2, 0.25) is 0 Å². The van der Waals surface area contributed by atoms with E-state index in [1.165, 1.54) is 0 Å². The van der Waals surface area contributed by atoms with Crippen LogP contribution in [-0.2, 0) is 9.53 Å². The van der Waals surface area contributed by atoms with Crippen molar-refractivity contribution in [3.63, 3.8) is 0 Å². The van der Waals surface area contributed by atoms with Gasteiger partial charge in [0.15, 0.2) is 17.5 Å². The molecule has 0 radical (unpaired) electrons. The van der Waals surface area contributed by atoms with Crippen LogP contribution >= 0.6 is 11.6 Å². The van der Waals surface area contributed by atoms with E-state index in [0.29, 0.717) is 21.7 Å². The summed E-state index contributed by atoms with van der Waals surface area (Å²) in [6.45, 7) is 4.85. The summed E-state index contributed by atoms with van der Waals surface area (Å²) in [7, 11) is 0. The van der Waals surface area contributed by atoms with Gasteiger partial charge >= 0.3 is 5.97 Å². The van der Waals surface area contributed by atoms with Crippen molar-refractivity contribution in [2.24, 2.45) is 0 Å². The summed E-state index contributed by atoms with van der Waals surface area (Å²) in [5.41, 5.74) is -0.981. The third-order valence-corrected chi connectivity index (χ3v) is 4.23. The Bertz CT molecular complexity index is 1030. The summed E-state index contributed by atoms with van der Waals surface area (Å²) in [5, 5.41) is 1.05. The number of para-hydroxylation sites is 1. The average molecular weight is 387 g/mol. The first kappa shape index (κ1) is 18.9. The lowest BCUT2D eigenvalue weighted by atomic mass is 10.1. The number of aromatic amines is 1. The van der Waals surface area contributed by atoms with E-state index in [-0.39, 0.29) is 11.4 Å². The maximum atomic E-state index is 12.6. The van der Waals surface area contributed by atoms with Gasteiger partial charge in [0, 0.05) is 5.02 Å². The molecular weight excluding hydrogens is 368 g/mol. The lowest BCUT2D eigenvalue weighted by Crippen LogP contribution is -2.40. The molecule has 1 N–H and O–H groups in total. The molecule has 140 valence electrons. The average Bonchev–Trinajstić information content (AvgIpc) is 2.63. The second kappa shape index (κ2) is 7.40. The second-order valence-corrected chi connectivity index (χ2v) is 7.02. The normalized spacial score (nSPS) is 12.6. The molecule has 0 aliphatic rings. The molecular formula is C20H19ClN2O4. The van der Waals surface area contributed by atoms with Crippen LogP contribution in [0, 0.1) is 0 Å². The van der Waals surface area contributed by atoms with Gasteiger partial charge in [-0.3, -0.25) is 4.79 Å². The lowest BCUT2D eigenvalue weighted by Gasteiger charge is -2.26. The molecule has 3 aromatic rings. The number of rotatable bonds is 5. The Morgan fingerprint density at radius 1 is 1.15 bits per heavy atom. The van der Waals surface area contributed by atoms with Crippen LogP contribution in [0.25, 0.3) is 10.9 Å². The number of esters is 1. The fourth-order valence-electron chi connectivity index (χ4n) is 2.49. The zero-order valence-corrected chi connectivity index (χ0v) is 15.9. The van der Waals surface area contributed by atoms with Gasteiger partial charge in [-0.25, -0.2) is 9.78 Å². The largest absolute Gasteiger partial charge is 0.476 e. The summed E-state index contributed by atoms with van der Waals surface area (Å²) >= 11 is 5.85. The number of benzene rings is 2. The fourth-order valence-corrected chi connectivity index (χ4v) is 2.62. The van der Waals surface area contributed by atoms with E-state index in [1.54, 1.807) is 69.3 Å². The van der Waals surface area contributed by atoms with Crippen molar-refractivity contribution >= 4 is 28.5 Å². The highest BCUT2D eigenvalue weighted by atomic mass is 35.5. The van der Waals surface area contributed by atoms with Crippen molar-refractivity contribution in [1.29, 1.82) is 0 Å². The fraction of sp³-hybridized carbons (Fsp3) is 0.250. The Kier molecular flexibility index (Phi) is 5.19. The van der Waals surface area contributed by atoms with Gasteiger partial charge in [0.25, 0.3) is 5.56 Å². The minimum Gasteiger partial charge on any atom is -0.476 e. The molecule has 0 aliphatic heterocycles. The molecule has 0 saturated carbocycles. The van der Waals surface area contributed by atoms with Crippen molar-refractivity contribution in [3.8, 4) is 5.75 Å². The van der Waals surface area contributed by atoms with Crippen LogP contribution in [0.4, 0.5) is 0 Å². The Labute approximate surface area is 161 Å². The van der Waals surface area contributed by atoms with Crippen LogP contribution in [0.3, 0.4) is 0 Å². The quantitative estimate of drug-likeness (QED) is 0.669. The van der Waals surface area contributed by atoms with Crippen LogP contribution in [0.2, 0.25) is 5.02 Å². The first-order valence-electron chi connectivity index (χ1n) is 8.41. The van der Waals surface area contributed by atoms with Crippen molar-refractivity contribution in [2.75, 3.05) is 0 Å². The number of aromatic nitrogens is 2. The number of ether oxygens (including phenoxy) is 2. The van der Waals surface area contributed by atoms with E-state index in [4.69, 9.17) is 21.1 Å². The van der Waals surface area contributed by atoms with Crippen LogP contribution in [-0.4, -0.2) is 21.5 Å². The van der Waals surface area contributed by atoms with Gasteiger partial charge in [-0.1, -0.05) is 23.7 Å². The molecule has 0 unspecified atom stereocenters. The van der Waals surface area contributed by atoms with E-state index in [0.717, 1.165) is 0 Å². The first-order valence-corrected chi connectivity index (χ1v) is 8.79. The van der Waals surface area contributed by atoms with E-state index in [9.17, 15) is 9.59 Å². The summed E-state index contributed by atoms with van der Waals surface area (Å²) in [6.07, 6.45) is -0.747. The van der Waals surface area contributed by atoms with Crippen LogP contribution in [0.5, 0.6) is 5.75 Å². The summed E-state index contributed by atoms with van der Waals surface area (Å²) < 4.78 is 11.2. The molecule has 1 atom stereocenters. The van der Waals surface area contributed by atoms with Gasteiger partial charge in [0.1, 0.15) is 5.75 Å². The summed E-state index contributed by atoms with van der Waals surface area (Å²) in [4.78, 5) is 31.8. The maximum Gasteiger partial charge on any atom is 0.350 e. The van der Waals surface area contributed by atoms with Gasteiger partial charge < -0.3 is 14.5 Å². The zero-order chi connectivity index (χ0) is 19.6. The minimum absolute atomic E-state index is 0.273. The highest BCUT2D eigenvalue weighted by molar-refractivity contribution is 6.30. The minimum atomic E-state index is -1.24. The summed E-state index contributed by atoms with van der Waals surface area (Å²) in [5.74, 6) is 0.182. The number of hydrogen-bond acceptors (Lipinski definition) is 5. The third-order valence-electron chi connectivity index (χ3n) is 3.98. The van der Waals surface area contributed by atoms with E-state index >= 15 is 0 Å². The van der Waals surface area contributed by atoms with Gasteiger partial charge in [0.05, 0.1) is 10.9 Å². The number of halogens is 1. The first-order chi connectivity index (χ1) is 12.8. The Hall–Kier alpha value is -2.86. The SMILES string of the molecule is C[C@@H](OC(=O)C(C)(C)Oc1ccc(Cl)cc1)c1nc2ccccc2c(=O)[nH]1. The molecule has 1 heterocycles.